The molecule has 2 aromatic heterocycles. The molecule has 0 atom stereocenters. The fourth-order valence-corrected chi connectivity index (χ4v) is 4.51. The number of rotatable bonds is 4. The molecular formula is C25H28N6O2. The SMILES string of the molecule is CCc1cc(O)ccc1-c1ccc2c(-c3nc4c([nH]3)CN(C(=O)C(C)(C)N)CC4)n[nH]c2c1. The number of aromatic nitrogens is 4. The maximum absolute atomic E-state index is 12.6. The van der Waals surface area contributed by atoms with Crippen LogP contribution in [0.2, 0.25) is 0 Å². The van der Waals surface area contributed by atoms with Crippen molar-refractivity contribution in [1.29, 1.82) is 0 Å². The Hall–Kier alpha value is -3.65. The lowest BCUT2D eigenvalue weighted by atomic mass is 9.97. The summed E-state index contributed by atoms with van der Waals surface area (Å²) >= 11 is 0. The van der Waals surface area contributed by atoms with Gasteiger partial charge in [-0.25, -0.2) is 4.98 Å². The molecule has 0 unspecified atom stereocenters. The van der Waals surface area contributed by atoms with Crippen LogP contribution in [0.25, 0.3) is 33.5 Å². The van der Waals surface area contributed by atoms with E-state index < -0.39 is 5.54 Å². The second-order valence-corrected chi connectivity index (χ2v) is 9.24. The van der Waals surface area contributed by atoms with Gasteiger partial charge in [-0.2, -0.15) is 5.10 Å². The summed E-state index contributed by atoms with van der Waals surface area (Å²) in [6.07, 6.45) is 1.51. The number of phenolic OH excluding ortho intramolecular Hbond substituents is 1. The quantitative estimate of drug-likeness (QED) is 0.383. The molecule has 2 aromatic carbocycles. The molecule has 5 N–H and O–H groups in total. The molecule has 0 bridgehead atoms. The van der Waals surface area contributed by atoms with E-state index in [1.54, 1.807) is 24.8 Å². The normalized spacial score (nSPS) is 14.0. The molecule has 5 rings (SSSR count). The van der Waals surface area contributed by atoms with E-state index in [0.29, 0.717) is 25.3 Å². The molecule has 1 aliphatic heterocycles. The molecule has 33 heavy (non-hydrogen) atoms. The van der Waals surface area contributed by atoms with Gasteiger partial charge in [-0.15, -0.1) is 0 Å². The lowest BCUT2D eigenvalue weighted by molar-refractivity contribution is -0.136. The van der Waals surface area contributed by atoms with Crippen LogP contribution in [0.1, 0.15) is 37.7 Å². The zero-order chi connectivity index (χ0) is 23.3. The van der Waals surface area contributed by atoms with Gasteiger partial charge in [0.25, 0.3) is 0 Å². The van der Waals surface area contributed by atoms with E-state index in [0.717, 1.165) is 51.1 Å². The predicted octanol–water partition coefficient (Wildman–Crippen LogP) is 3.51. The first-order chi connectivity index (χ1) is 15.7. The van der Waals surface area contributed by atoms with E-state index in [2.05, 4.69) is 34.2 Å². The van der Waals surface area contributed by atoms with Gasteiger partial charge in [0.05, 0.1) is 29.0 Å². The first-order valence-corrected chi connectivity index (χ1v) is 11.2. The molecule has 0 saturated carbocycles. The third kappa shape index (κ3) is 3.76. The number of benzene rings is 2. The van der Waals surface area contributed by atoms with Gasteiger partial charge in [-0.3, -0.25) is 9.89 Å². The Morgan fingerprint density at radius 1 is 1.24 bits per heavy atom. The summed E-state index contributed by atoms with van der Waals surface area (Å²) in [4.78, 5) is 22.5. The van der Waals surface area contributed by atoms with E-state index >= 15 is 0 Å². The van der Waals surface area contributed by atoms with Crippen molar-refractivity contribution in [3.05, 3.63) is 53.3 Å². The Bertz CT molecular complexity index is 1360. The van der Waals surface area contributed by atoms with E-state index in [1.807, 2.05) is 18.2 Å². The summed E-state index contributed by atoms with van der Waals surface area (Å²) < 4.78 is 0. The Morgan fingerprint density at radius 3 is 2.82 bits per heavy atom. The Morgan fingerprint density at radius 2 is 2.06 bits per heavy atom. The van der Waals surface area contributed by atoms with Crippen LogP contribution in [-0.2, 0) is 24.2 Å². The number of hydrogen-bond acceptors (Lipinski definition) is 5. The summed E-state index contributed by atoms with van der Waals surface area (Å²) in [5.74, 6) is 0.902. The highest BCUT2D eigenvalue weighted by molar-refractivity contribution is 5.94. The Labute approximate surface area is 191 Å². The zero-order valence-corrected chi connectivity index (χ0v) is 19.1. The molecule has 1 amide bonds. The van der Waals surface area contributed by atoms with Crippen molar-refractivity contribution >= 4 is 16.8 Å². The van der Waals surface area contributed by atoms with Gasteiger partial charge < -0.3 is 20.7 Å². The fraction of sp³-hybridized carbons (Fsp3) is 0.320. The van der Waals surface area contributed by atoms with E-state index in [9.17, 15) is 9.90 Å². The minimum atomic E-state index is -0.897. The molecule has 4 aromatic rings. The Kier molecular flexibility index (Phi) is 4.97. The van der Waals surface area contributed by atoms with Gasteiger partial charge in [0.15, 0.2) is 5.82 Å². The first-order valence-electron chi connectivity index (χ1n) is 11.2. The van der Waals surface area contributed by atoms with Crippen molar-refractivity contribution in [2.24, 2.45) is 5.73 Å². The summed E-state index contributed by atoms with van der Waals surface area (Å²) in [5.41, 5.74) is 11.9. The highest BCUT2D eigenvalue weighted by Crippen LogP contribution is 2.33. The predicted molar refractivity (Wildman–Crippen MR) is 128 cm³/mol. The summed E-state index contributed by atoms with van der Waals surface area (Å²) in [7, 11) is 0. The van der Waals surface area contributed by atoms with E-state index in [4.69, 9.17) is 10.7 Å². The number of phenols is 1. The molecular weight excluding hydrogens is 416 g/mol. The number of aryl methyl sites for hydroxylation is 1. The monoisotopic (exact) mass is 444 g/mol. The van der Waals surface area contributed by atoms with Crippen molar-refractivity contribution in [3.63, 3.8) is 0 Å². The summed E-state index contributed by atoms with van der Waals surface area (Å²) in [6, 6.07) is 11.7. The van der Waals surface area contributed by atoms with Crippen molar-refractivity contribution in [2.75, 3.05) is 6.54 Å². The van der Waals surface area contributed by atoms with Crippen molar-refractivity contribution in [3.8, 4) is 28.4 Å². The zero-order valence-electron chi connectivity index (χ0n) is 19.1. The van der Waals surface area contributed by atoms with Crippen LogP contribution in [0.5, 0.6) is 5.75 Å². The van der Waals surface area contributed by atoms with Crippen LogP contribution in [0.15, 0.2) is 36.4 Å². The van der Waals surface area contributed by atoms with Gasteiger partial charge in [-0.05, 0) is 61.2 Å². The smallest absolute Gasteiger partial charge is 0.242 e. The van der Waals surface area contributed by atoms with Crippen LogP contribution in [0.4, 0.5) is 0 Å². The maximum atomic E-state index is 12.6. The Balaban J connectivity index is 1.47. The molecule has 8 nitrogen and oxygen atoms in total. The standard InChI is InChI=1S/C25H28N6O2/c1-4-14-11-16(32)6-8-17(14)15-5-7-18-20(12-15)29-30-22(18)23-27-19-9-10-31(13-21(19)28-23)24(33)25(2,3)26/h5-8,11-12,32H,4,9-10,13,26H2,1-3H3,(H,27,28)(H,29,30). The number of H-pyrrole nitrogens is 2. The molecule has 0 aliphatic carbocycles. The molecule has 8 heteroatoms. The maximum Gasteiger partial charge on any atom is 0.242 e. The minimum absolute atomic E-state index is 0.0669. The molecule has 3 heterocycles. The molecule has 0 radical (unpaired) electrons. The number of carbonyl (C=O) groups is 1. The van der Waals surface area contributed by atoms with Crippen LogP contribution in [0.3, 0.4) is 0 Å². The molecule has 1 aliphatic rings. The molecule has 0 fully saturated rings. The van der Waals surface area contributed by atoms with E-state index in [-0.39, 0.29) is 11.7 Å². The number of nitrogens with zero attached hydrogens (tertiary/aromatic N) is 3. The number of hydrogen-bond donors (Lipinski definition) is 4. The number of fused-ring (bicyclic) bond motifs is 2. The van der Waals surface area contributed by atoms with Gasteiger partial charge in [0.2, 0.25) is 5.91 Å². The third-order valence-electron chi connectivity index (χ3n) is 6.24. The highest BCUT2D eigenvalue weighted by Gasteiger charge is 2.31. The number of aromatic amines is 2. The second kappa shape index (κ2) is 7.74. The number of aromatic hydroxyl groups is 1. The van der Waals surface area contributed by atoms with Crippen molar-refractivity contribution in [1.82, 2.24) is 25.1 Å². The first kappa shape index (κ1) is 21.2. The number of nitrogens with two attached hydrogens (primary N) is 1. The molecule has 0 spiro atoms. The molecule has 170 valence electrons. The van der Waals surface area contributed by atoms with E-state index in [1.165, 1.54) is 0 Å². The highest BCUT2D eigenvalue weighted by atomic mass is 16.3. The van der Waals surface area contributed by atoms with Crippen LogP contribution in [0, 0.1) is 0 Å². The fourth-order valence-electron chi connectivity index (χ4n) is 4.51. The second-order valence-electron chi connectivity index (χ2n) is 9.24. The summed E-state index contributed by atoms with van der Waals surface area (Å²) in [6.45, 7) is 6.61. The number of amides is 1. The van der Waals surface area contributed by atoms with Crippen molar-refractivity contribution in [2.45, 2.75) is 45.7 Å². The van der Waals surface area contributed by atoms with Crippen molar-refractivity contribution < 1.29 is 9.90 Å². The summed E-state index contributed by atoms with van der Waals surface area (Å²) in [5, 5.41) is 18.5. The molecule has 0 saturated heterocycles. The minimum Gasteiger partial charge on any atom is -0.508 e. The number of carbonyl (C=O) groups excluding carboxylic acids is 1. The van der Waals surface area contributed by atoms with Crippen LogP contribution < -0.4 is 5.73 Å². The average Bonchev–Trinajstić information content (AvgIpc) is 3.40. The largest absolute Gasteiger partial charge is 0.508 e. The lowest BCUT2D eigenvalue weighted by Crippen LogP contribution is -2.52. The topological polar surface area (TPSA) is 124 Å². The number of nitrogens with one attached hydrogen (secondary N) is 2. The van der Waals surface area contributed by atoms with Gasteiger partial charge >= 0.3 is 0 Å². The van der Waals surface area contributed by atoms with Gasteiger partial charge in [-0.1, -0.05) is 19.1 Å². The van der Waals surface area contributed by atoms with Crippen LogP contribution >= 0.6 is 0 Å². The van der Waals surface area contributed by atoms with Gasteiger partial charge in [0.1, 0.15) is 11.4 Å². The van der Waals surface area contributed by atoms with Gasteiger partial charge in [0, 0.05) is 18.4 Å². The van der Waals surface area contributed by atoms with Crippen LogP contribution in [-0.4, -0.2) is 48.2 Å². The lowest BCUT2D eigenvalue weighted by Gasteiger charge is -2.31. The third-order valence-corrected chi connectivity index (χ3v) is 6.24. The average molecular weight is 445 g/mol. The number of imidazole rings is 1.